The van der Waals surface area contributed by atoms with E-state index in [0.717, 1.165) is 28.8 Å². The van der Waals surface area contributed by atoms with Crippen LogP contribution in [0.3, 0.4) is 0 Å². The van der Waals surface area contributed by atoms with Gasteiger partial charge in [-0.25, -0.2) is 9.78 Å². The molecule has 1 aliphatic heterocycles. The summed E-state index contributed by atoms with van der Waals surface area (Å²) in [6.07, 6.45) is 4.47. The van der Waals surface area contributed by atoms with Gasteiger partial charge < -0.3 is 19.5 Å². The minimum Gasteiger partial charge on any atom is -0.495 e. The SMILES string of the molecule is COc1ccc(C)cc1NC(=O)N1CC[C@H](c2nc3ccncc3n2C)C1. The molecule has 0 spiro atoms. The number of rotatable bonds is 3. The molecular weight excluding hydrogens is 342 g/mol. The maximum atomic E-state index is 12.8. The minimum atomic E-state index is -0.109. The van der Waals surface area contributed by atoms with Crippen LogP contribution in [-0.4, -0.2) is 45.7 Å². The van der Waals surface area contributed by atoms with Crippen LogP contribution in [0.4, 0.5) is 10.5 Å². The Balaban J connectivity index is 1.50. The first kappa shape index (κ1) is 17.3. The highest BCUT2D eigenvalue weighted by atomic mass is 16.5. The van der Waals surface area contributed by atoms with Crippen molar-refractivity contribution in [3.63, 3.8) is 0 Å². The van der Waals surface area contributed by atoms with Gasteiger partial charge in [0.2, 0.25) is 0 Å². The van der Waals surface area contributed by atoms with E-state index in [4.69, 9.17) is 9.72 Å². The van der Waals surface area contributed by atoms with Gasteiger partial charge in [-0.05, 0) is 37.1 Å². The molecule has 0 saturated carbocycles. The number of benzene rings is 1. The molecule has 3 heterocycles. The average molecular weight is 365 g/mol. The number of nitrogens with zero attached hydrogens (tertiary/aromatic N) is 4. The smallest absolute Gasteiger partial charge is 0.321 e. The number of imidazole rings is 1. The van der Waals surface area contributed by atoms with E-state index < -0.39 is 0 Å². The molecule has 0 bridgehead atoms. The fourth-order valence-electron chi connectivity index (χ4n) is 3.69. The number of hydrogen-bond donors (Lipinski definition) is 1. The number of fused-ring (bicyclic) bond motifs is 1. The molecule has 0 aliphatic carbocycles. The Hall–Kier alpha value is -3.09. The summed E-state index contributed by atoms with van der Waals surface area (Å²) >= 11 is 0. The molecule has 0 unspecified atom stereocenters. The van der Waals surface area contributed by atoms with E-state index in [1.807, 2.05) is 49.3 Å². The van der Waals surface area contributed by atoms with Crippen molar-refractivity contribution in [2.45, 2.75) is 19.3 Å². The fraction of sp³-hybridized carbons (Fsp3) is 0.350. The number of pyridine rings is 1. The Morgan fingerprint density at radius 2 is 2.19 bits per heavy atom. The molecule has 1 aliphatic rings. The quantitative estimate of drug-likeness (QED) is 0.773. The van der Waals surface area contributed by atoms with Crippen LogP contribution in [0.25, 0.3) is 11.0 Å². The van der Waals surface area contributed by atoms with Crippen molar-refractivity contribution in [1.29, 1.82) is 0 Å². The lowest BCUT2D eigenvalue weighted by Crippen LogP contribution is -2.33. The highest BCUT2D eigenvalue weighted by Crippen LogP contribution is 2.30. The average Bonchev–Trinajstić information content (AvgIpc) is 3.27. The number of ether oxygens (including phenoxy) is 1. The number of carbonyl (C=O) groups excluding carboxylic acids is 1. The molecule has 27 heavy (non-hydrogen) atoms. The monoisotopic (exact) mass is 365 g/mol. The lowest BCUT2D eigenvalue weighted by atomic mass is 10.1. The summed E-state index contributed by atoms with van der Waals surface area (Å²) in [6, 6.07) is 7.55. The Bertz CT molecular complexity index is 997. The van der Waals surface area contributed by atoms with Crippen molar-refractivity contribution in [3.05, 3.63) is 48.0 Å². The number of anilines is 1. The number of urea groups is 1. The number of nitrogens with one attached hydrogen (secondary N) is 1. The zero-order valence-corrected chi connectivity index (χ0v) is 15.8. The third kappa shape index (κ3) is 3.20. The van der Waals surface area contributed by atoms with Crippen LogP contribution in [0.15, 0.2) is 36.7 Å². The molecular formula is C20H23N5O2. The lowest BCUT2D eigenvalue weighted by Gasteiger charge is -2.19. The first-order valence-corrected chi connectivity index (χ1v) is 9.03. The second-order valence-electron chi connectivity index (χ2n) is 6.96. The third-order valence-corrected chi connectivity index (χ3v) is 5.15. The Morgan fingerprint density at radius 3 is 2.96 bits per heavy atom. The van der Waals surface area contributed by atoms with Gasteiger partial charge in [0.15, 0.2) is 0 Å². The number of carbonyl (C=O) groups is 1. The molecule has 2 amide bonds. The van der Waals surface area contributed by atoms with Crippen molar-refractivity contribution >= 4 is 22.8 Å². The van der Waals surface area contributed by atoms with E-state index in [1.165, 1.54) is 0 Å². The van der Waals surface area contributed by atoms with Gasteiger partial charge in [-0.1, -0.05) is 6.07 Å². The molecule has 1 atom stereocenters. The summed E-state index contributed by atoms with van der Waals surface area (Å²) in [5.41, 5.74) is 3.72. The van der Waals surface area contributed by atoms with Gasteiger partial charge >= 0.3 is 6.03 Å². The maximum Gasteiger partial charge on any atom is 0.321 e. The first-order valence-electron chi connectivity index (χ1n) is 9.03. The van der Waals surface area contributed by atoms with Gasteiger partial charge in [-0.3, -0.25) is 4.98 Å². The van der Waals surface area contributed by atoms with Crippen LogP contribution >= 0.6 is 0 Å². The van der Waals surface area contributed by atoms with Gasteiger partial charge in [0.1, 0.15) is 11.6 Å². The molecule has 1 aromatic carbocycles. The van der Waals surface area contributed by atoms with Crippen LogP contribution in [-0.2, 0) is 7.05 Å². The first-order chi connectivity index (χ1) is 13.1. The molecule has 7 nitrogen and oxygen atoms in total. The molecule has 0 radical (unpaired) electrons. The van der Waals surface area contributed by atoms with Crippen LogP contribution in [0.1, 0.15) is 23.7 Å². The Labute approximate surface area is 158 Å². The van der Waals surface area contributed by atoms with Crippen LogP contribution in [0.5, 0.6) is 5.75 Å². The number of aryl methyl sites for hydroxylation is 2. The van der Waals surface area contributed by atoms with Crippen molar-refractivity contribution < 1.29 is 9.53 Å². The third-order valence-electron chi connectivity index (χ3n) is 5.15. The van der Waals surface area contributed by atoms with Gasteiger partial charge in [0.05, 0.1) is 30.0 Å². The summed E-state index contributed by atoms with van der Waals surface area (Å²) in [4.78, 5) is 23.5. The van der Waals surface area contributed by atoms with Gasteiger partial charge in [0.25, 0.3) is 0 Å². The van der Waals surface area contributed by atoms with E-state index in [2.05, 4.69) is 14.9 Å². The van der Waals surface area contributed by atoms with E-state index in [9.17, 15) is 4.79 Å². The standard InChI is InChI=1S/C20H23N5O2/c1-13-4-5-18(27-3)16(10-13)23-20(26)25-9-7-14(12-25)19-22-15-6-8-21-11-17(15)24(19)2/h4-6,8,10-11,14H,7,9,12H2,1-3H3,(H,23,26)/t14-/m0/s1. The highest BCUT2D eigenvalue weighted by Gasteiger charge is 2.30. The summed E-state index contributed by atoms with van der Waals surface area (Å²) < 4.78 is 7.43. The maximum absolute atomic E-state index is 12.8. The number of methoxy groups -OCH3 is 1. The topological polar surface area (TPSA) is 72.3 Å². The van der Waals surface area contributed by atoms with Gasteiger partial charge in [0, 0.05) is 32.3 Å². The Morgan fingerprint density at radius 1 is 1.33 bits per heavy atom. The zero-order valence-electron chi connectivity index (χ0n) is 15.8. The van der Waals surface area contributed by atoms with Crippen LogP contribution in [0.2, 0.25) is 0 Å². The zero-order chi connectivity index (χ0) is 19.0. The Kier molecular flexibility index (Phi) is 4.43. The van der Waals surface area contributed by atoms with Crippen molar-refractivity contribution in [2.75, 3.05) is 25.5 Å². The number of aromatic nitrogens is 3. The number of amides is 2. The van der Waals surface area contributed by atoms with Crippen molar-refractivity contribution in [3.8, 4) is 5.75 Å². The molecule has 1 fully saturated rings. The van der Waals surface area contributed by atoms with Crippen molar-refractivity contribution in [1.82, 2.24) is 19.4 Å². The van der Waals surface area contributed by atoms with Gasteiger partial charge in [-0.15, -0.1) is 0 Å². The largest absolute Gasteiger partial charge is 0.495 e. The summed E-state index contributed by atoms with van der Waals surface area (Å²) in [5, 5.41) is 2.98. The van der Waals surface area contributed by atoms with E-state index in [1.54, 1.807) is 13.3 Å². The second-order valence-corrected chi connectivity index (χ2v) is 6.96. The fourth-order valence-corrected chi connectivity index (χ4v) is 3.69. The summed E-state index contributed by atoms with van der Waals surface area (Å²) in [6.45, 7) is 3.33. The molecule has 140 valence electrons. The van der Waals surface area contributed by atoms with E-state index >= 15 is 0 Å². The molecule has 1 N–H and O–H groups in total. The van der Waals surface area contributed by atoms with E-state index in [0.29, 0.717) is 24.5 Å². The summed E-state index contributed by atoms with van der Waals surface area (Å²) in [5.74, 6) is 1.88. The highest BCUT2D eigenvalue weighted by molar-refractivity contribution is 5.91. The predicted octanol–water partition coefficient (Wildman–Crippen LogP) is 3.31. The second kappa shape index (κ2) is 6.90. The molecule has 7 heteroatoms. The van der Waals surface area contributed by atoms with E-state index in [-0.39, 0.29) is 11.9 Å². The molecule has 3 aromatic rings. The van der Waals surface area contributed by atoms with Crippen LogP contribution in [0, 0.1) is 6.92 Å². The number of likely N-dealkylation sites (tertiary alicyclic amines) is 1. The minimum absolute atomic E-state index is 0.109. The van der Waals surface area contributed by atoms with Crippen LogP contribution < -0.4 is 10.1 Å². The normalized spacial score (nSPS) is 16.7. The molecule has 1 saturated heterocycles. The van der Waals surface area contributed by atoms with Gasteiger partial charge in [-0.2, -0.15) is 0 Å². The lowest BCUT2D eigenvalue weighted by molar-refractivity contribution is 0.221. The summed E-state index contributed by atoms with van der Waals surface area (Å²) in [7, 11) is 3.61. The molecule has 4 rings (SSSR count). The predicted molar refractivity (Wildman–Crippen MR) is 104 cm³/mol. The molecule has 2 aromatic heterocycles. The van der Waals surface area contributed by atoms with Crippen molar-refractivity contribution in [2.24, 2.45) is 7.05 Å². The number of hydrogen-bond acceptors (Lipinski definition) is 4.